The Kier molecular flexibility index (Phi) is 5.64. The quantitative estimate of drug-likeness (QED) is 0.834. The number of rotatable bonds is 7. The fourth-order valence-electron chi connectivity index (χ4n) is 2.29. The molecule has 1 saturated carbocycles. The molecule has 1 N–H and O–H groups in total. The second kappa shape index (κ2) is 7.25. The molecule has 0 bridgehead atoms. The van der Waals surface area contributed by atoms with Crippen molar-refractivity contribution in [3.8, 4) is 0 Å². The maximum atomic E-state index is 5.94. The van der Waals surface area contributed by atoms with Gasteiger partial charge in [-0.1, -0.05) is 30.7 Å². The topological polar surface area (TPSA) is 30.5 Å². The zero-order valence-corrected chi connectivity index (χ0v) is 12.3. The third kappa shape index (κ3) is 3.93. The van der Waals surface area contributed by atoms with Crippen LogP contribution in [0, 0.1) is 0 Å². The zero-order valence-electron chi connectivity index (χ0n) is 11.6. The van der Waals surface area contributed by atoms with Crippen LogP contribution in [-0.4, -0.2) is 31.9 Å². The van der Waals surface area contributed by atoms with Crippen LogP contribution in [0.25, 0.3) is 0 Å². The van der Waals surface area contributed by atoms with Gasteiger partial charge in [0.25, 0.3) is 0 Å². The van der Waals surface area contributed by atoms with Crippen LogP contribution in [0.2, 0.25) is 5.02 Å². The van der Waals surface area contributed by atoms with Crippen LogP contribution < -0.4 is 5.32 Å². The third-order valence-electron chi connectivity index (χ3n) is 3.51. The minimum Gasteiger partial charge on any atom is -0.374 e. The predicted molar refractivity (Wildman–Crippen MR) is 77.5 cm³/mol. The smallest absolute Gasteiger partial charge is 0.0990 e. The minimum atomic E-state index is 0.178. The lowest BCUT2D eigenvalue weighted by Gasteiger charge is -2.43. The van der Waals surface area contributed by atoms with E-state index in [-0.39, 0.29) is 12.2 Å². The van der Waals surface area contributed by atoms with Crippen molar-refractivity contribution in [1.29, 1.82) is 0 Å². The maximum absolute atomic E-state index is 5.94. The van der Waals surface area contributed by atoms with E-state index in [1.165, 1.54) is 0 Å². The Morgan fingerprint density at radius 3 is 2.63 bits per heavy atom. The van der Waals surface area contributed by atoms with Crippen LogP contribution >= 0.6 is 11.6 Å². The minimum absolute atomic E-state index is 0.178. The van der Waals surface area contributed by atoms with Gasteiger partial charge in [-0.05, 0) is 37.6 Å². The van der Waals surface area contributed by atoms with Crippen LogP contribution in [0.4, 0.5) is 0 Å². The molecule has 2 rings (SSSR count). The lowest BCUT2D eigenvalue weighted by atomic mass is 9.85. The number of hydrogen-bond donors (Lipinski definition) is 1. The molecule has 1 aromatic carbocycles. The summed E-state index contributed by atoms with van der Waals surface area (Å²) in [5, 5.41) is 4.03. The Bertz CT molecular complexity index is 382. The Labute approximate surface area is 120 Å². The second-order valence-corrected chi connectivity index (χ2v) is 5.38. The molecule has 3 nitrogen and oxygen atoms in total. The van der Waals surface area contributed by atoms with Gasteiger partial charge in [0.1, 0.15) is 0 Å². The number of nitrogens with one attached hydrogen (secondary N) is 1. The van der Waals surface area contributed by atoms with Gasteiger partial charge in [-0.15, -0.1) is 0 Å². The van der Waals surface area contributed by atoms with Gasteiger partial charge in [-0.25, -0.2) is 0 Å². The molecule has 106 valence electrons. The molecule has 0 saturated heterocycles. The highest BCUT2D eigenvalue weighted by molar-refractivity contribution is 6.30. The van der Waals surface area contributed by atoms with E-state index < -0.39 is 0 Å². The van der Waals surface area contributed by atoms with Crippen molar-refractivity contribution < 1.29 is 9.47 Å². The molecule has 4 heteroatoms. The normalized spacial score (nSPS) is 26.2. The fourth-order valence-corrected chi connectivity index (χ4v) is 2.41. The standard InChI is InChI=1S/C15H22ClNO2/c1-3-8-18-15-13(17-2)9-14(15)19-10-11-4-6-12(16)7-5-11/h4-7,13-15,17H,3,8-10H2,1-2H3. The van der Waals surface area contributed by atoms with E-state index in [0.717, 1.165) is 30.0 Å². The van der Waals surface area contributed by atoms with Crippen molar-refractivity contribution >= 4 is 11.6 Å². The number of likely N-dealkylation sites (N-methyl/N-ethyl adjacent to an activating group) is 1. The summed E-state index contributed by atoms with van der Waals surface area (Å²) in [4.78, 5) is 0. The van der Waals surface area contributed by atoms with Gasteiger partial charge in [-0.2, -0.15) is 0 Å². The molecule has 0 aromatic heterocycles. The monoisotopic (exact) mass is 283 g/mol. The Morgan fingerprint density at radius 2 is 2.00 bits per heavy atom. The first kappa shape index (κ1) is 14.8. The fraction of sp³-hybridized carbons (Fsp3) is 0.600. The molecule has 1 aliphatic rings. The van der Waals surface area contributed by atoms with Crippen LogP contribution in [-0.2, 0) is 16.1 Å². The lowest BCUT2D eigenvalue weighted by Crippen LogP contribution is -2.59. The summed E-state index contributed by atoms with van der Waals surface area (Å²) < 4.78 is 11.8. The van der Waals surface area contributed by atoms with Gasteiger partial charge in [0.2, 0.25) is 0 Å². The Balaban J connectivity index is 1.80. The molecule has 0 aliphatic heterocycles. The van der Waals surface area contributed by atoms with E-state index in [2.05, 4.69) is 12.2 Å². The summed E-state index contributed by atoms with van der Waals surface area (Å²) in [7, 11) is 1.97. The van der Waals surface area contributed by atoms with Gasteiger partial charge in [-0.3, -0.25) is 0 Å². The van der Waals surface area contributed by atoms with E-state index >= 15 is 0 Å². The molecule has 19 heavy (non-hydrogen) atoms. The first-order valence-corrected chi connectivity index (χ1v) is 7.27. The largest absolute Gasteiger partial charge is 0.374 e. The van der Waals surface area contributed by atoms with E-state index in [1.54, 1.807) is 0 Å². The maximum Gasteiger partial charge on any atom is 0.0990 e. The summed E-state index contributed by atoms with van der Waals surface area (Å²) in [6, 6.07) is 8.20. The van der Waals surface area contributed by atoms with Crippen molar-refractivity contribution in [2.45, 2.75) is 44.6 Å². The van der Waals surface area contributed by atoms with Gasteiger partial charge >= 0.3 is 0 Å². The molecule has 0 heterocycles. The van der Waals surface area contributed by atoms with Crippen molar-refractivity contribution in [2.75, 3.05) is 13.7 Å². The molecule has 1 aliphatic carbocycles. The molecular formula is C15H22ClNO2. The summed E-state index contributed by atoms with van der Waals surface area (Å²) in [6.07, 6.45) is 2.42. The summed E-state index contributed by atoms with van der Waals surface area (Å²) >= 11 is 5.86. The summed E-state index contributed by atoms with van der Waals surface area (Å²) in [6.45, 7) is 3.53. The number of halogens is 1. The highest BCUT2D eigenvalue weighted by Gasteiger charge is 2.41. The zero-order chi connectivity index (χ0) is 13.7. The van der Waals surface area contributed by atoms with Crippen LogP contribution in [0.15, 0.2) is 24.3 Å². The van der Waals surface area contributed by atoms with Crippen molar-refractivity contribution in [2.24, 2.45) is 0 Å². The van der Waals surface area contributed by atoms with E-state index in [0.29, 0.717) is 12.6 Å². The molecule has 1 aromatic rings. The average molecular weight is 284 g/mol. The van der Waals surface area contributed by atoms with Crippen LogP contribution in [0.3, 0.4) is 0 Å². The van der Waals surface area contributed by atoms with Crippen molar-refractivity contribution in [1.82, 2.24) is 5.32 Å². The first-order chi connectivity index (χ1) is 9.24. The number of benzene rings is 1. The molecular weight excluding hydrogens is 262 g/mol. The molecule has 1 fully saturated rings. The Hall–Kier alpha value is -0.610. The highest BCUT2D eigenvalue weighted by Crippen LogP contribution is 2.28. The molecule has 0 spiro atoms. The van der Waals surface area contributed by atoms with Gasteiger partial charge in [0.15, 0.2) is 0 Å². The number of ether oxygens (including phenoxy) is 2. The van der Waals surface area contributed by atoms with Crippen molar-refractivity contribution in [3.63, 3.8) is 0 Å². The van der Waals surface area contributed by atoms with E-state index in [1.807, 2.05) is 31.3 Å². The lowest BCUT2D eigenvalue weighted by molar-refractivity contribution is -0.150. The predicted octanol–water partition coefficient (Wildman–Crippen LogP) is 3.01. The first-order valence-electron chi connectivity index (χ1n) is 6.89. The van der Waals surface area contributed by atoms with Crippen molar-refractivity contribution in [3.05, 3.63) is 34.9 Å². The van der Waals surface area contributed by atoms with E-state index in [9.17, 15) is 0 Å². The average Bonchev–Trinajstić information content (AvgIpc) is 2.40. The second-order valence-electron chi connectivity index (χ2n) is 4.94. The third-order valence-corrected chi connectivity index (χ3v) is 3.76. The molecule has 3 atom stereocenters. The van der Waals surface area contributed by atoms with E-state index in [4.69, 9.17) is 21.1 Å². The van der Waals surface area contributed by atoms with Crippen LogP contribution in [0.5, 0.6) is 0 Å². The van der Waals surface area contributed by atoms with Crippen LogP contribution in [0.1, 0.15) is 25.3 Å². The van der Waals surface area contributed by atoms with Gasteiger partial charge < -0.3 is 14.8 Å². The number of hydrogen-bond acceptors (Lipinski definition) is 3. The molecule has 3 unspecified atom stereocenters. The summed E-state index contributed by atoms with van der Waals surface area (Å²) in [5.41, 5.74) is 1.14. The molecule has 0 amide bonds. The van der Waals surface area contributed by atoms with Gasteiger partial charge in [0, 0.05) is 17.7 Å². The SMILES string of the molecule is CCCOC1C(NC)CC1OCc1ccc(Cl)cc1. The Morgan fingerprint density at radius 1 is 1.26 bits per heavy atom. The summed E-state index contributed by atoms with van der Waals surface area (Å²) in [5.74, 6) is 0. The molecule has 0 radical (unpaired) electrons. The van der Waals surface area contributed by atoms with Gasteiger partial charge in [0.05, 0.1) is 18.8 Å². The highest BCUT2D eigenvalue weighted by atomic mass is 35.5.